The molecule has 2 aromatic rings. The van der Waals surface area contributed by atoms with Crippen LogP contribution in [0.5, 0.6) is 0 Å². The van der Waals surface area contributed by atoms with Crippen LogP contribution in [0.3, 0.4) is 0 Å². The second-order valence-electron chi connectivity index (χ2n) is 2.80. The number of rotatable bonds is 2. The Bertz CT molecular complexity index is 512. The summed E-state index contributed by atoms with van der Waals surface area (Å²) in [5.41, 5.74) is 0.413. The molecule has 76 valence electrons. The van der Waals surface area contributed by atoms with E-state index in [0.717, 1.165) is 0 Å². The van der Waals surface area contributed by atoms with Crippen molar-refractivity contribution in [2.75, 3.05) is 0 Å². The van der Waals surface area contributed by atoms with Gasteiger partial charge in [0.1, 0.15) is 17.2 Å². The van der Waals surface area contributed by atoms with Gasteiger partial charge >= 0.3 is 0 Å². The molecule has 15 heavy (non-hydrogen) atoms. The third kappa shape index (κ3) is 1.94. The average Bonchev–Trinajstić information content (AvgIpc) is 2.66. The van der Waals surface area contributed by atoms with Gasteiger partial charge in [-0.15, -0.1) is 5.10 Å². The third-order valence-corrected chi connectivity index (χ3v) is 2.28. The Balaban J connectivity index is 2.49. The molecule has 0 bridgehead atoms. The first kappa shape index (κ1) is 9.97. The molecule has 0 unspecified atom stereocenters. The maximum absolute atomic E-state index is 13.4. The standard InChI is InChI=1S/C9H5BrFN3O/c10-6-1-2-9(8(11)3-6)14-4-7(5-15)12-13-14/h1-5H. The van der Waals surface area contributed by atoms with E-state index in [4.69, 9.17) is 0 Å². The molecular formula is C9H5BrFN3O. The van der Waals surface area contributed by atoms with Crippen molar-refractivity contribution in [3.63, 3.8) is 0 Å². The van der Waals surface area contributed by atoms with Crippen LogP contribution in [-0.4, -0.2) is 21.3 Å². The highest BCUT2D eigenvalue weighted by Gasteiger charge is 2.07. The molecule has 1 heterocycles. The number of halogens is 2. The largest absolute Gasteiger partial charge is 0.296 e. The summed E-state index contributed by atoms with van der Waals surface area (Å²) in [5, 5.41) is 7.17. The molecule has 0 aliphatic heterocycles. The Morgan fingerprint density at radius 2 is 2.27 bits per heavy atom. The first-order chi connectivity index (χ1) is 7.20. The topological polar surface area (TPSA) is 47.8 Å². The van der Waals surface area contributed by atoms with Crippen molar-refractivity contribution in [2.45, 2.75) is 0 Å². The summed E-state index contributed by atoms with van der Waals surface area (Å²) >= 11 is 3.15. The molecule has 0 saturated carbocycles. The van der Waals surface area contributed by atoms with Crippen LogP contribution in [0, 0.1) is 5.82 Å². The Labute approximate surface area is 92.8 Å². The quantitative estimate of drug-likeness (QED) is 0.784. The normalized spacial score (nSPS) is 10.3. The minimum atomic E-state index is -0.438. The van der Waals surface area contributed by atoms with Crippen LogP contribution < -0.4 is 0 Å². The van der Waals surface area contributed by atoms with Gasteiger partial charge in [-0.05, 0) is 18.2 Å². The van der Waals surface area contributed by atoms with Crippen LogP contribution in [0.25, 0.3) is 5.69 Å². The maximum Gasteiger partial charge on any atom is 0.171 e. The molecule has 6 heteroatoms. The number of benzene rings is 1. The fourth-order valence-electron chi connectivity index (χ4n) is 1.12. The van der Waals surface area contributed by atoms with E-state index in [1.54, 1.807) is 12.1 Å². The van der Waals surface area contributed by atoms with Crippen LogP contribution >= 0.6 is 15.9 Å². The minimum Gasteiger partial charge on any atom is -0.296 e. The van der Waals surface area contributed by atoms with Crippen molar-refractivity contribution in [3.05, 3.63) is 40.4 Å². The van der Waals surface area contributed by atoms with Gasteiger partial charge in [0.15, 0.2) is 6.29 Å². The Hall–Kier alpha value is -1.56. The van der Waals surface area contributed by atoms with E-state index >= 15 is 0 Å². The zero-order valence-electron chi connectivity index (χ0n) is 7.39. The van der Waals surface area contributed by atoms with E-state index in [1.807, 2.05) is 0 Å². The lowest BCUT2D eigenvalue weighted by molar-refractivity contribution is 0.111. The molecule has 2 rings (SSSR count). The van der Waals surface area contributed by atoms with Crippen molar-refractivity contribution in [3.8, 4) is 5.69 Å². The van der Waals surface area contributed by atoms with Crippen LogP contribution in [0.4, 0.5) is 4.39 Å². The van der Waals surface area contributed by atoms with E-state index in [2.05, 4.69) is 26.2 Å². The first-order valence-electron chi connectivity index (χ1n) is 4.03. The molecule has 1 aromatic carbocycles. The second kappa shape index (κ2) is 3.90. The molecule has 0 fully saturated rings. The number of aldehydes is 1. The SMILES string of the molecule is O=Cc1cn(-c2ccc(Br)cc2F)nn1. The highest BCUT2D eigenvalue weighted by Crippen LogP contribution is 2.17. The zero-order chi connectivity index (χ0) is 10.8. The van der Waals surface area contributed by atoms with Crippen molar-refractivity contribution >= 4 is 22.2 Å². The Morgan fingerprint density at radius 1 is 1.47 bits per heavy atom. The molecule has 0 saturated heterocycles. The van der Waals surface area contributed by atoms with Gasteiger partial charge in [-0.3, -0.25) is 4.79 Å². The lowest BCUT2D eigenvalue weighted by Gasteiger charge is -2.01. The predicted octanol–water partition coefficient (Wildman–Crippen LogP) is 1.98. The Morgan fingerprint density at radius 3 is 2.87 bits per heavy atom. The number of hydrogen-bond donors (Lipinski definition) is 0. The van der Waals surface area contributed by atoms with E-state index < -0.39 is 5.82 Å². The van der Waals surface area contributed by atoms with Crippen molar-refractivity contribution in [1.29, 1.82) is 0 Å². The van der Waals surface area contributed by atoms with Crippen LogP contribution in [0.1, 0.15) is 10.5 Å². The van der Waals surface area contributed by atoms with Crippen molar-refractivity contribution in [2.24, 2.45) is 0 Å². The fourth-order valence-corrected chi connectivity index (χ4v) is 1.45. The minimum absolute atomic E-state index is 0.164. The number of aromatic nitrogens is 3. The first-order valence-corrected chi connectivity index (χ1v) is 4.83. The Kier molecular flexibility index (Phi) is 2.59. The van der Waals surface area contributed by atoms with Gasteiger partial charge < -0.3 is 0 Å². The smallest absolute Gasteiger partial charge is 0.171 e. The summed E-state index contributed by atoms with van der Waals surface area (Å²) in [4.78, 5) is 10.4. The van der Waals surface area contributed by atoms with Gasteiger partial charge in [0.25, 0.3) is 0 Å². The van der Waals surface area contributed by atoms with Gasteiger partial charge in [-0.1, -0.05) is 21.1 Å². The van der Waals surface area contributed by atoms with Crippen LogP contribution in [0.15, 0.2) is 28.9 Å². The molecule has 0 atom stereocenters. The number of nitrogens with zero attached hydrogens (tertiary/aromatic N) is 3. The van der Waals surface area contributed by atoms with Gasteiger partial charge in [0, 0.05) is 4.47 Å². The molecule has 4 nitrogen and oxygen atoms in total. The monoisotopic (exact) mass is 269 g/mol. The van der Waals surface area contributed by atoms with E-state index in [-0.39, 0.29) is 11.4 Å². The zero-order valence-corrected chi connectivity index (χ0v) is 8.98. The molecule has 0 spiro atoms. The third-order valence-electron chi connectivity index (χ3n) is 1.79. The number of carbonyl (C=O) groups excluding carboxylic acids is 1. The number of carbonyl (C=O) groups is 1. The van der Waals surface area contributed by atoms with E-state index in [0.29, 0.717) is 10.8 Å². The van der Waals surface area contributed by atoms with E-state index in [9.17, 15) is 9.18 Å². The number of hydrogen-bond acceptors (Lipinski definition) is 3. The predicted molar refractivity (Wildman–Crippen MR) is 54.4 cm³/mol. The summed E-state index contributed by atoms with van der Waals surface area (Å²) in [5.74, 6) is -0.438. The van der Waals surface area contributed by atoms with Gasteiger partial charge in [0.05, 0.1) is 6.20 Å². The highest BCUT2D eigenvalue weighted by atomic mass is 79.9. The summed E-state index contributed by atoms with van der Waals surface area (Å²) in [6.07, 6.45) is 1.92. The summed E-state index contributed by atoms with van der Waals surface area (Å²) in [6, 6.07) is 4.54. The molecule has 0 amide bonds. The molecular weight excluding hydrogens is 265 g/mol. The lowest BCUT2D eigenvalue weighted by atomic mass is 10.3. The molecule has 1 aromatic heterocycles. The lowest BCUT2D eigenvalue weighted by Crippen LogP contribution is -1.98. The molecule has 0 radical (unpaired) electrons. The van der Waals surface area contributed by atoms with Gasteiger partial charge in [-0.25, -0.2) is 9.07 Å². The molecule has 0 N–H and O–H groups in total. The fraction of sp³-hybridized carbons (Fsp3) is 0. The van der Waals surface area contributed by atoms with Gasteiger partial charge in [0.2, 0.25) is 0 Å². The second-order valence-corrected chi connectivity index (χ2v) is 3.72. The average molecular weight is 270 g/mol. The van der Waals surface area contributed by atoms with Crippen molar-refractivity contribution < 1.29 is 9.18 Å². The van der Waals surface area contributed by atoms with Crippen molar-refractivity contribution in [1.82, 2.24) is 15.0 Å². The maximum atomic E-state index is 13.4. The van der Waals surface area contributed by atoms with Crippen LogP contribution in [0.2, 0.25) is 0 Å². The summed E-state index contributed by atoms with van der Waals surface area (Å²) < 4.78 is 15.3. The van der Waals surface area contributed by atoms with Crippen LogP contribution in [-0.2, 0) is 0 Å². The summed E-state index contributed by atoms with van der Waals surface area (Å²) in [6.45, 7) is 0. The highest BCUT2D eigenvalue weighted by molar-refractivity contribution is 9.10. The van der Waals surface area contributed by atoms with E-state index in [1.165, 1.54) is 16.9 Å². The van der Waals surface area contributed by atoms with Gasteiger partial charge in [-0.2, -0.15) is 0 Å². The summed E-state index contributed by atoms with van der Waals surface area (Å²) in [7, 11) is 0. The molecule has 0 aliphatic carbocycles. The molecule has 0 aliphatic rings.